The van der Waals surface area contributed by atoms with Gasteiger partial charge in [0.05, 0.1) is 6.61 Å². The largest absolute Gasteiger partial charge is 0.383 e. The monoisotopic (exact) mass is 267 g/mol. The molecule has 0 aliphatic heterocycles. The third-order valence-electron chi connectivity index (χ3n) is 2.50. The van der Waals surface area contributed by atoms with E-state index in [0.717, 1.165) is 13.1 Å². The van der Waals surface area contributed by atoms with E-state index in [-0.39, 0.29) is 0 Å². The predicted molar refractivity (Wildman–Crippen MR) is 80.1 cm³/mol. The highest BCUT2D eigenvalue weighted by molar-refractivity contribution is 7.80. The molecule has 0 aliphatic carbocycles. The molecule has 0 unspecified atom stereocenters. The summed E-state index contributed by atoms with van der Waals surface area (Å²) in [5.74, 6) is 0. The van der Waals surface area contributed by atoms with Gasteiger partial charge in [-0.1, -0.05) is 12.1 Å². The molecule has 0 spiro atoms. The maximum Gasteiger partial charge on any atom is 0.166 e. The van der Waals surface area contributed by atoms with Crippen molar-refractivity contribution >= 4 is 23.0 Å². The fraction of sp³-hybridized carbons (Fsp3) is 0.462. The summed E-state index contributed by atoms with van der Waals surface area (Å²) in [6.07, 6.45) is 0. The second-order valence-corrected chi connectivity index (χ2v) is 4.57. The van der Waals surface area contributed by atoms with Gasteiger partial charge in [-0.25, -0.2) is 0 Å². The van der Waals surface area contributed by atoms with Crippen molar-refractivity contribution < 1.29 is 4.74 Å². The normalized spacial score (nSPS) is 9.94. The minimum atomic E-state index is 0.652. The van der Waals surface area contributed by atoms with Gasteiger partial charge in [-0.15, -0.1) is 0 Å². The number of hydrogen-bond acceptors (Lipinski definition) is 3. The fourth-order valence-corrected chi connectivity index (χ4v) is 1.60. The van der Waals surface area contributed by atoms with Gasteiger partial charge in [0.15, 0.2) is 5.11 Å². The van der Waals surface area contributed by atoms with E-state index in [1.54, 1.807) is 7.11 Å². The van der Waals surface area contributed by atoms with Gasteiger partial charge < -0.3 is 20.3 Å². The summed E-state index contributed by atoms with van der Waals surface area (Å²) in [4.78, 5) is 2.08. The van der Waals surface area contributed by atoms with Crippen molar-refractivity contribution in [3.63, 3.8) is 0 Å². The van der Waals surface area contributed by atoms with Crippen LogP contribution < -0.4 is 15.5 Å². The molecule has 0 saturated heterocycles. The topological polar surface area (TPSA) is 36.5 Å². The van der Waals surface area contributed by atoms with Gasteiger partial charge >= 0.3 is 0 Å². The SMILES string of the molecule is COCCNC(=S)NCc1ccc(N(C)C)cc1. The number of methoxy groups -OCH3 is 1. The van der Waals surface area contributed by atoms with E-state index in [1.807, 2.05) is 14.1 Å². The number of hydrogen-bond donors (Lipinski definition) is 2. The van der Waals surface area contributed by atoms with Gasteiger partial charge in [-0.3, -0.25) is 0 Å². The average molecular weight is 267 g/mol. The number of nitrogens with zero attached hydrogens (tertiary/aromatic N) is 1. The molecule has 2 N–H and O–H groups in total. The lowest BCUT2D eigenvalue weighted by molar-refractivity contribution is 0.204. The number of thiocarbonyl (C=S) groups is 1. The lowest BCUT2D eigenvalue weighted by Crippen LogP contribution is -2.36. The summed E-state index contributed by atoms with van der Waals surface area (Å²) < 4.78 is 4.94. The van der Waals surface area contributed by atoms with Crippen LogP contribution in [0.4, 0.5) is 5.69 Å². The molecule has 0 radical (unpaired) electrons. The number of rotatable bonds is 6. The van der Waals surface area contributed by atoms with E-state index in [4.69, 9.17) is 17.0 Å². The average Bonchev–Trinajstić information content (AvgIpc) is 2.37. The van der Waals surface area contributed by atoms with Crippen molar-refractivity contribution in [2.45, 2.75) is 6.54 Å². The molecule has 0 heterocycles. The second-order valence-electron chi connectivity index (χ2n) is 4.16. The van der Waals surface area contributed by atoms with Gasteiger partial charge in [0.25, 0.3) is 0 Å². The quantitative estimate of drug-likeness (QED) is 0.601. The molecule has 1 aromatic carbocycles. The summed E-state index contributed by atoms with van der Waals surface area (Å²) >= 11 is 5.15. The van der Waals surface area contributed by atoms with Crippen LogP contribution in [0.25, 0.3) is 0 Å². The minimum Gasteiger partial charge on any atom is -0.383 e. The smallest absolute Gasteiger partial charge is 0.166 e. The first-order valence-electron chi connectivity index (χ1n) is 5.90. The molecule has 0 fully saturated rings. The molecule has 100 valence electrons. The van der Waals surface area contributed by atoms with E-state index in [0.29, 0.717) is 11.7 Å². The van der Waals surface area contributed by atoms with E-state index in [9.17, 15) is 0 Å². The molecule has 0 atom stereocenters. The first-order valence-corrected chi connectivity index (χ1v) is 6.31. The number of anilines is 1. The zero-order valence-corrected chi connectivity index (χ0v) is 12.0. The molecule has 1 rings (SSSR count). The Morgan fingerprint density at radius 1 is 1.22 bits per heavy atom. The molecule has 0 aromatic heterocycles. The Kier molecular flexibility index (Phi) is 6.46. The van der Waals surface area contributed by atoms with Crippen LogP contribution in [0.2, 0.25) is 0 Å². The van der Waals surface area contributed by atoms with Crippen LogP contribution in [0.3, 0.4) is 0 Å². The zero-order valence-electron chi connectivity index (χ0n) is 11.2. The van der Waals surface area contributed by atoms with Crippen LogP contribution in [-0.4, -0.2) is 39.5 Å². The van der Waals surface area contributed by atoms with Crippen molar-refractivity contribution in [3.05, 3.63) is 29.8 Å². The standard InChI is InChI=1S/C13H21N3OS/c1-16(2)12-6-4-11(5-7-12)10-15-13(18)14-8-9-17-3/h4-7H,8-10H2,1-3H3,(H2,14,15,18). The Morgan fingerprint density at radius 3 is 2.44 bits per heavy atom. The first kappa shape index (κ1) is 14.7. The maximum atomic E-state index is 5.15. The Bertz CT molecular complexity index is 365. The van der Waals surface area contributed by atoms with Gasteiger partial charge in [0.2, 0.25) is 0 Å². The highest BCUT2D eigenvalue weighted by Crippen LogP contribution is 2.11. The van der Waals surface area contributed by atoms with Gasteiger partial charge in [0.1, 0.15) is 0 Å². The van der Waals surface area contributed by atoms with Crippen LogP contribution in [-0.2, 0) is 11.3 Å². The van der Waals surface area contributed by atoms with Gasteiger partial charge in [0, 0.05) is 40.0 Å². The molecule has 18 heavy (non-hydrogen) atoms. The summed E-state index contributed by atoms with van der Waals surface area (Å²) in [5.41, 5.74) is 2.40. The van der Waals surface area contributed by atoms with Crippen LogP contribution in [0.15, 0.2) is 24.3 Å². The highest BCUT2D eigenvalue weighted by atomic mass is 32.1. The van der Waals surface area contributed by atoms with E-state index in [1.165, 1.54) is 11.3 Å². The molecule has 0 saturated carbocycles. The molecule has 0 bridgehead atoms. The van der Waals surface area contributed by atoms with Gasteiger partial charge in [-0.05, 0) is 29.9 Å². The molecular weight excluding hydrogens is 246 g/mol. The Balaban J connectivity index is 2.32. The van der Waals surface area contributed by atoms with Crippen molar-refractivity contribution in [3.8, 4) is 0 Å². The van der Waals surface area contributed by atoms with E-state index < -0.39 is 0 Å². The van der Waals surface area contributed by atoms with Crippen LogP contribution >= 0.6 is 12.2 Å². The third kappa shape index (κ3) is 5.33. The Morgan fingerprint density at radius 2 is 1.89 bits per heavy atom. The van der Waals surface area contributed by atoms with E-state index in [2.05, 4.69) is 39.8 Å². The predicted octanol–water partition coefficient (Wildman–Crippen LogP) is 1.36. The molecule has 1 aromatic rings. The van der Waals surface area contributed by atoms with Gasteiger partial charge in [-0.2, -0.15) is 0 Å². The van der Waals surface area contributed by atoms with Crippen molar-refractivity contribution in [1.29, 1.82) is 0 Å². The summed E-state index contributed by atoms with van der Waals surface area (Å²) in [5, 5.41) is 6.88. The van der Waals surface area contributed by atoms with Crippen LogP contribution in [0.5, 0.6) is 0 Å². The molecule has 0 aliphatic rings. The summed E-state index contributed by atoms with van der Waals surface area (Å²) in [6.45, 7) is 2.10. The lowest BCUT2D eigenvalue weighted by Gasteiger charge is -2.13. The van der Waals surface area contributed by atoms with Crippen molar-refractivity contribution in [2.75, 3.05) is 39.3 Å². The minimum absolute atomic E-state index is 0.652. The third-order valence-corrected chi connectivity index (χ3v) is 2.79. The molecular formula is C13H21N3OS. The second kappa shape index (κ2) is 7.89. The summed E-state index contributed by atoms with van der Waals surface area (Å²) in [6, 6.07) is 8.39. The number of benzene rings is 1. The molecule has 4 nitrogen and oxygen atoms in total. The lowest BCUT2D eigenvalue weighted by atomic mass is 10.2. The van der Waals surface area contributed by atoms with Crippen molar-refractivity contribution in [1.82, 2.24) is 10.6 Å². The fourth-order valence-electron chi connectivity index (χ4n) is 1.42. The highest BCUT2D eigenvalue weighted by Gasteiger charge is 1.98. The Labute approximate surface area is 114 Å². The van der Waals surface area contributed by atoms with E-state index >= 15 is 0 Å². The molecule has 0 amide bonds. The maximum absolute atomic E-state index is 5.15. The summed E-state index contributed by atoms with van der Waals surface area (Å²) in [7, 11) is 5.73. The Hall–Kier alpha value is -1.33. The van der Waals surface area contributed by atoms with Crippen LogP contribution in [0, 0.1) is 0 Å². The zero-order chi connectivity index (χ0) is 13.4. The first-order chi connectivity index (χ1) is 8.63. The molecule has 5 heteroatoms. The van der Waals surface area contributed by atoms with Crippen molar-refractivity contribution in [2.24, 2.45) is 0 Å². The number of ether oxygens (including phenoxy) is 1. The number of nitrogens with one attached hydrogen (secondary N) is 2. The van der Waals surface area contributed by atoms with Crippen LogP contribution in [0.1, 0.15) is 5.56 Å².